The standard InChI is InChI=1S/C34H41N3O5/c1-23-8-9-30-29(12-23)32(39)28(22-42-30)20-37(19-24-6-4-3-5-7-24)31(38)21-36(10-11-41-2)33(40)35-34-16-25-13-26(17-34)15-27(14-25)18-34/h3-9,12,22,25-27H,10-11,13-21H2,1-2H3,(H,35,40). The summed E-state index contributed by atoms with van der Waals surface area (Å²) in [5.74, 6) is 1.86. The van der Waals surface area contributed by atoms with Crippen LogP contribution in [0.1, 0.15) is 55.2 Å². The van der Waals surface area contributed by atoms with Crippen LogP contribution < -0.4 is 10.7 Å². The highest BCUT2D eigenvalue weighted by atomic mass is 16.5. The summed E-state index contributed by atoms with van der Waals surface area (Å²) in [6, 6.07) is 15.0. The molecule has 4 bridgehead atoms. The predicted molar refractivity (Wildman–Crippen MR) is 161 cm³/mol. The van der Waals surface area contributed by atoms with Crippen LogP contribution in [0, 0.1) is 24.7 Å². The minimum atomic E-state index is -0.237. The fourth-order valence-electron chi connectivity index (χ4n) is 7.92. The first-order valence-electron chi connectivity index (χ1n) is 15.2. The lowest BCUT2D eigenvalue weighted by Crippen LogP contribution is -2.62. The van der Waals surface area contributed by atoms with Gasteiger partial charge in [0.05, 0.1) is 30.4 Å². The summed E-state index contributed by atoms with van der Waals surface area (Å²) in [6.45, 7) is 2.84. The Bertz CT molecular complexity index is 1460. The number of fused-ring (bicyclic) bond motifs is 1. The molecule has 0 spiro atoms. The van der Waals surface area contributed by atoms with Gasteiger partial charge in [-0.15, -0.1) is 0 Å². The molecule has 4 fully saturated rings. The van der Waals surface area contributed by atoms with E-state index in [-0.39, 0.29) is 36.0 Å². The lowest BCUT2D eigenvalue weighted by molar-refractivity contribution is -0.133. The van der Waals surface area contributed by atoms with E-state index in [0.717, 1.165) is 30.4 Å². The fraction of sp³-hybridized carbons (Fsp3) is 0.500. The Morgan fingerprint density at radius 1 is 0.976 bits per heavy atom. The third-order valence-corrected chi connectivity index (χ3v) is 9.52. The number of carbonyl (C=O) groups is 2. The molecule has 4 aliphatic rings. The van der Waals surface area contributed by atoms with Crippen LogP contribution in [0.5, 0.6) is 0 Å². The zero-order chi connectivity index (χ0) is 29.3. The van der Waals surface area contributed by atoms with Crippen molar-refractivity contribution < 1.29 is 18.7 Å². The average molecular weight is 572 g/mol. The van der Waals surface area contributed by atoms with Crippen molar-refractivity contribution in [2.24, 2.45) is 17.8 Å². The minimum absolute atomic E-state index is 0.0780. The van der Waals surface area contributed by atoms with Crippen molar-refractivity contribution in [3.05, 3.63) is 81.7 Å². The number of carbonyl (C=O) groups excluding carboxylic acids is 2. The van der Waals surface area contributed by atoms with Gasteiger partial charge in [-0.05, 0) is 80.9 Å². The van der Waals surface area contributed by atoms with Crippen molar-refractivity contribution >= 4 is 22.9 Å². The lowest BCUT2D eigenvalue weighted by Gasteiger charge is -2.57. The third-order valence-electron chi connectivity index (χ3n) is 9.52. The number of hydrogen-bond acceptors (Lipinski definition) is 5. The number of amides is 3. The van der Waals surface area contributed by atoms with Crippen LogP contribution in [0.25, 0.3) is 11.0 Å². The van der Waals surface area contributed by atoms with Gasteiger partial charge in [-0.25, -0.2) is 4.79 Å². The van der Waals surface area contributed by atoms with E-state index in [0.29, 0.717) is 54.0 Å². The number of aryl methyl sites for hydroxylation is 1. The Morgan fingerprint density at radius 2 is 1.67 bits per heavy atom. The maximum absolute atomic E-state index is 14.0. The van der Waals surface area contributed by atoms with Gasteiger partial charge in [-0.1, -0.05) is 42.0 Å². The Kier molecular flexibility index (Phi) is 8.08. The highest BCUT2D eigenvalue weighted by Gasteiger charge is 2.51. The number of methoxy groups -OCH3 is 1. The molecular formula is C34H41N3O5. The SMILES string of the molecule is COCCN(CC(=O)N(Cc1ccccc1)Cc1coc2ccc(C)cc2c1=O)C(=O)NC12CC3CC(CC(C3)C1)C2. The molecule has 1 heterocycles. The molecule has 222 valence electrons. The minimum Gasteiger partial charge on any atom is -0.464 e. The molecule has 2 aromatic carbocycles. The van der Waals surface area contributed by atoms with Crippen LogP contribution in [-0.2, 0) is 22.6 Å². The molecule has 0 saturated heterocycles. The second-order valence-corrected chi connectivity index (χ2v) is 12.9. The quantitative estimate of drug-likeness (QED) is 0.359. The topological polar surface area (TPSA) is 92.1 Å². The first-order valence-corrected chi connectivity index (χ1v) is 15.2. The summed E-state index contributed by atoms with van der Waals surface area (Å²) >= 11 is 0. The van der Waals surface area contributed by atoms with Gasteiger partial charge in [0, 0.05) is 25.7 Å². The molecule has 8 nitrogen and oxygen atoms in total. The number of ether oxygens (including phenoxy) is 1. The fourth-order valence-corrected chi connectivity index (χ4v) is 7.92. The van der Waals surface area contributed by atoms with Crippen molar-refractivity contribution in [3.8, 4) is 0 Å². The highest BCUT2D eigenvalue weighted by molar-refractivity contribution is 5.84. The molecule has 42 heavy (non-hydrogen) atoms. The molecule has 8 heteroatoms. The summed E-state index contributed by atoms with van der Waals surface area (Å²) in [5.41, 5.74) is 2.51. The lowest BCUT2D eigenvalue weighted by atomic mass is 9.53. The molecular weight excluding hydrogens is 530 g/mol. The van der Waals surface area contributed by atoms with Crippen molar-refractivity contribution in [2.75, 3.05) is 26.8 Å². The Labute approximate surface area is 247 Å². The summed E-state index contributed by atoms with van der Waals surface area (Å²) in [7, 11) is 1.60. The average Bonchev–Trinajstić information content (AvgIpc) is 2.96. The Morgan fingerprint density at radius 3 is 2.33 bits per heavy atom. The second-order valence-electron chi connectivity index (χ2n) is 12.9. The van der Waals surface area contributed by atoms with Crippen molar-refractivity contribution in [2.45, 2.75) is 64.1 Å². The zero-order valence-electron chi connectivity index (χ0n) is 24.6. The molecule has 0 aliphatic heterocycles. The molecule has 0 unspecified atom stereocenters. The Hall–Kier alpha value is -3.65. The predicted octanol–water partition coefficient (Wildman–Crippen LogP) is 5.26. The van der Waals surface area contributed by atoms with Gasteiger partial charge in [-0.3, -0.25) is 9.59 Å². The third kappa shape index (κ3) is 6.09. The normalized spacial score (nSPS) is 24.1. The van der Waals surface area contributed by atoms with E-state index in [9.17, 15) is 14.4 Å². The van der Waals surface area contributed by atoms with Gasteiger partial charge in [0.1, 0.15) is 12.1 Å². The van der Waals surface area contributed by atoms with Crippen LogP contribution in [0.15, 0.2) is 64.0 Å². The smallest absolute Gasteiger partial charge is 0.318 e. The molecule has 3 aromatic rings. The molecule has 0 radical (unpaired) electrons. The van der Waals surface area contributed by atoms with Crippen LogP contribution in [-0.4, -0.2) is 54.1 Å². The van der Waals surface area contributed by atoms with Crippen molar-refractivity contribution in [1.29, 1.82) is 0 Å². The number of nitrogens with zero attached hydrogens (tertiary/aromatic N) is 2. The molecule has 4 saturated carbocycles. The van der Waals surface area contributed by atoms with Crippen LogP contribution in [0.3, 0.4) is 0 Å². The monoisotopic (exact) mass is 571 g/mol. The van der Waals surface area contributed by atoms with Gasteiger partial charge in [0.25, 0.3) is 0 Å². The van der Waals surface area contributed by atoms with Crippen molar-refractivity contribution in [3.63, 3.8) is 0 Å². The maximum Gasteiger partial charge on any atom is 0.318 e. The summed E-state index contributed by atoms with van der Waals surface area (Å²) in [6.07, 6.45) is 8.43. The summed E-state index contributed by atoms with van der Waals surface area (Å²) in [4.78, 5) is 44.4. The van der Waals surface area contributed by atoms with Gasteiger partial charge in [0.15, 0.2) is 5.43 Å². The van der Waals surface area contributed by atoms with E-state index in [1.165, 1.54) is 25.5 Å². The summed E-state index contributed by atoms with van der Waals surface area (Å²) < 4.78 is 11.1. The van der Waals surface area contributed by atoms with Gasteiger partial charge in [0.2, 0.25) is 5.91 Å². The first-order chi connectivity index (χ1) is 20.3. The number of rotatable bonds is 10. The van der Waals surface area contributed by atoms with Gasteiger partial charge >= 0.3 is 6.03 Å². The number of hydrogen-bond donors (Lipinski definition) is 1. The van der Waals surface area contributed by atoms with E-state index in [4.69, 9.17) is 9.15 Å². The number of urea groups is 1. The van der Waals surface area contributed by atoms with E-state index in [1.54, 1.807) is 23.0 Å². The van der Waals surface area contributed by atoms with E-state index in [2.05, 4.69) is 5.32 Å². The van der Waals surface area contributed by atoms with Gasteiger partial charge < -0.3 is 24.3 Å². The van der Waals surface area contributed by atoms with E-state index in [1.807, 2.05) is 49.4 Å². The summed E-state index contributed by atoms with van der Waals surface area (Å²) in [5, 5.41) is 3.90. The molecule has 3 amide bonds. The Balaban J connectivity index is 1.23. The second kappa shape index (κ2) is 11.9. The maximum atomic E-state index is 14.0. The van der Waals surface area contributed by atoms with Crippen LogP contribution in [0.2, 0.25) is 0 Å². The number of benzene rings is 2. The molecule has 0 atom stereocenters. The highest BCUT2D eigenvalue weighted by Crippen LogP contribution is 2.55. The largest absolute Gasteiger partial charge is 0.464 e. The molecule has 1 N–H and O–H groups in total. The van der Waals surface area contributed by atoms with Crippen LogP contribution in [0.4, 0.5) is 4.79 Å². The first kappa shape index (κ1) is 28.5. The molecule has 4 aliphatic carbocycles. The number of nitrogens with one attached hydrogen (secondary N) is 1. The van der Waals surface area contributed by atoms with Crippen molar-refractivity contribution in [1.82, 2.24) is 15.1 Å². The van der Waals surface area contributed by atoms with Gasteiger partial charge in [-0.2, -0.15) is 0 Å². The molecule has 1 aromatic heterocycles. The van der Waals surface area contributed by atoms with Crippen LogP contribution >= 0.6 is 0 Å². The molecule has 7 rings (SSSR count). The zero-order valence-corrected chi connectivity index (χ0v) is 24.6. The van der Waals surface area contributed by atoms with E-state index < -0.39 is 0 Å². The van der Waals surface area contributed by atoms with E-state index >= 15 is 0 Å².